The summed E-state index contributed by atoms with van der Waals surface area (Å²) in [5.41, 5.74) is 2.52. The first kappa shape index (κ1) is 11.7. The smallest absolute Gasteiger partial charge is 0.285 e. The molecule has 92 valence electrons. The van der Waals surface area contributed by atoms with Gasteiger partial charge in [-0.25, -0.2) is 10.5 Å². The van der Waals surface area contributed by atoms with Crippen LogP contribution in [0.15, 0.2) is 36.5 Å². The molecule has 0 atom stereocenters. The van der Waals surface area contributed by atoms with Crippen LogP contribution in [0.4, 0.5) is 5.69 Å². The summed E-state index contributed by atoms with van der Waals surface area (Å²) in [6.07, 6.45) is 1.52. The van der Waals surface area contributed by atoms with Gasteiger partial charge in [0.1, 0.15) is 0 Å². The fraction of sp³-hybridized carbons (Fsp3) is 0. The number of nitro groups is 1. The van der Waals surface area contributed by atoms with Gasteiger partial charge >= 0.3 is 0 Å². The molecule has 0 aliphatic carbocycles. The summed E-state index contributed by atoms with van der Waals surface area (Å²) in [7, 11) is 0. The average molecular weight is 247 g/mol. The highest BCUT2D eigenvalue weighted by Gasteiger charge is 2.10. The van der Waals surface area contributed by atoms with E-state index in [1.807, 2.05) is 5.43 Å². The molecule has 2 aromatic rings. The van der Waals surface area contributed by atoms with E-state index in [0.29, 0.717) is 5.69 Å². The number of rotatable bonds is 3. The highest BCUT2D eigenvalue weighted by atomic mass is 16.6. The van der Waals surface area contributed by atoms with Crippen LogP contribution in [0, 0.1) is 10.1 Å². The van der Waals surface area contributed by atoms with Gasteiger partial charge in [-0.1, -0.05) is 6.07 Å². The van der Waals surface area contributed by atoms with Gasteiger partial charge in [0.05, 0.1) is 10.6 Å². The Morgan fingerprint density at radius 1 is 1.44 bits per heavy atom. The van der Waals surface area contributed by atoms with Crippen LogP contribution in [0.5, 0.6) is 0 Å². The largest absolute Gasteiger partial charge is 0.289 e. The van der Waals surface area contributed by atoms with E-state index in [-0.39, 0.29) is 11.4 Å². The number of nitrogen functional groups attached to an aromatic ring is 1. The van der Waals surface area contributed by atoms with E-state index in [1.165, 1.54) is 35.1 Å². The molecule has 0 radical (unpaired) electrons. The monoisotopic (exact) mass is 247 g/mol. The fourth-order valence-corrected chi connectivity index (χ4v) is 1.41. The number of nitrogens with zero attached hydrogens (tertiary/aromatic N) is 3. The molecule has 0 saturated heterocycles. The molecule has 0 aliphatic heterocycles. The maximum atomic E-state index is 11.2. The number of nitrogens with one attached hydrogen (secondary N) is 1. The van der Waals surface area contributed by atoms with E-state index in [0.717, 1.165) is 0 Å². The molecule has 0 spiro atoms. The van der Waals surface area contributed by atoms with E-state index < -0.39 is 10.8 Å². The molecule has 0 unspecified atom stereocenters. The number of carbonyl (C=O) groups is 1. The molecule has 18 heavy (non-hydrogen) atoms. The summed E-state index contributed by atoms with van der Waals surface area (Å²) < 4.78 is 1.36. The van der Waals surface area contributed by atoms with Crippen LogP contribution in [-0.2, 0) is 0 Å². The SMILES string of the molecule is NNC(=O)c1ccn(-c2cccc([N+](=O)[O-])c2)n1. The first-order chi connectivity index (χ1) is 8.61. The van der Waals surface area contributed by atoms with Gasteiger partial charge in [-0.3, -0.25) is 20.3 Å². The molecule has 0 aliphatic rings. The summed E-state index contributed by atoms with van der Waals surface area (Å²) in [5, 5.41) is 14.6. The molecule has 1 aromatic heterocycles. The number of hydrazine groups is 1. The predicted octanol–water partition coefficient (Wildman–Crippen LogP) is 0.384. The summed E-state index contributed by atoms with van der Waals surface area (Å²) in [5.74, 6) is 4.45. The first-order valence-corrected chi connectivity index (χ1v) is 4.93. The molecule has 0 bridgehead atoms. The van der Waals surface area contributed by atoms with Crippen LogP contribution in [0.3, 0.4) is 0 Å². The normalized spacial score (nSPS) is 10.1. The number of nitrogens with two attached hydrogens (primary N) is 1. The lowest BCUT2D eigenvalue weighted by atomic mass is 10.3. The van der Waals surface area contributed by atoms with Gasteiger partial charge in [-0.2, -0.15) is 5.10 Å². The van der Waals surface area contributed by atoms with Crippen molar-refractivity contribution in [1.29, 1.82) is 0 Å². The van der Waals surface area contributed by atoms with Crippen LogP contribution >= 0.6 is 0 Å². The second kappa shape index (κ2) is 4.63. The summed E-state index contributed by atoms with van der Waals surface area (Å²) in [6, 6.07) is 7.38. The third kappa shape index (κ3) is 2.18. The Kier molecular flexibility index (Phi) is 3.02. The maximum absolute atomic E-state index is 11.2. The average Bonchev–Trinajstić information content (AvgIpc) is 2.87. The van der Waals surface area contributed by atoms with Crippen LogP contribution < -0.4 is 11.3 Å². The first-order valence-electron chi connectivity index (χ1n) is 4.93. The Bertz CT molecular complexity index is 607. The number of benzene rings is 1. The number of amides is 1. The van der Waals surface area contributed by atoms with Crippen molar-refractivity contribution < 1.29 is 9.72 Å². The molecular weight excluding hydrogens is 238 g/mol. The number of nitro benzene ring substituents is 1. The summed E-state index contributed by atoms with van der Waals surface area (Å²) >= 11 is 0. The lowest BCUT2D eigenvalue weighted by Gasteiger charge is -2.00. The molecule has 3 N–H and O–H groups in total. The summed E-state index contributed by atoms with van der Waals surface area (Å²) in [4.78, 5) is 21.4. The fourth-order valence-electron chi connectivity index (χ4n) is 1.41. The Labute approximate surface area is 101 Å². The van der Waals surface area contributed by atoms with Crippen molar-refractivity contribution >= 4 is 11.6 Å². The Balaban J connectivity index is 2.37. The van der Waals surface area contributed by atoms with Gasteiger partial charge in [0.25, 0.3) is 11.6 Å². The molecule has 1 aromatic carbocycles. The Morgan fingerprint density at radius 3 is 2.89 bits per heavy atom. The second-order valence-corrected chi connectivity index (χ2v) is 3.40. The minimum atomic E-state index is -0.529. The molecule has 8 nitrogen and oxygen atoms in total. The lowest BCUT2D eigenvalue weighted by molar-refractivity contribution is -0.384. The Hall–Kier alpha value is -2.74. The van der Waals surface area contributed by atoms with Gasteiger partial charge in [0.2, 0.25) is 0 Å². The standard InChI is InChI=1S/C10H9N5O3/c11-12-10(16)9-4-5-14(13-9)7-2-1-3-8(6-7)15(17)18/h1-6H,11H2,(H,12,16). The molecule has 0 fully saturated rings. The number of aromatic nitrogens is 2. The molecule has 2 rings (SSSR count). The number of carbonyl (C=O) groups excluding carboxylic acids is 1. The van der Waals surface area contributed by atoms with Crippen LogP contribution in [0.2, 0.25) is 0 Å². The second-order valence-electron chi connectivity index (χ2n) is 3.40. The van der Waals surface area contributed by atoms with Crippen molar-refractivity contribution in [2.45, 2.75) is 0 Å². The van der Waals surface area contributed by atoms with Crippen molar-refractivity contribution in [3.8, 4) is 5.69 Å². The van der Waals surface area contributed by atoms with Gasteiger partial charge in [-0.15, -0.1) is 0 Å². The van der Waals surface area contributed by atoms with Crippen molar-refractivity contribution in [1.82, 2.24) is 15.2 Å². The lowest BCUT2D eigenvalue weighted by Crippen LogP contribution is -2.30. The number of non-ortho nitro benzene ring substituents is 1. The van der Waals surface area contributed by atoms with Gasteiger partial charge in [0, 0.05) is 18.3 Å². The van der Waals surface area contributed by atoms with E-state index in [2.05, 4.69) is 5.10 Å². The molecule has 0 saturated carbocycles. The third-order valence-electron chi connectivity index (χ3n) is 2.26. The van der Waals surface area contributed by atoms with Crippen molar-refractivity contribution in [2.75, 3.05) is 0 Å². The number of hydrogen-bond acceptors (Lipinski definition) is 5. The quantitative estimate of drug-likeness (QED) is 0.352. The zero-order valence-corrected chi connectivity index (χ0v) is 9.11. The third-order valence-corrected chi connectivity index (χ3v) is 2.26. The maximum Gasteiger partial charge on any atom is 0.285 e. The zero-order valence-electron chi connectivity index (χ0n) is 9.11. The topological polar surface area (TPSA) is 116 Å². The van der Waals surface area contributed by atoms with Crippen LogP contribution in [0.1, 0.15) is 10.5 Å². The van der Waals surface area contributed by atoms with E-state index in [1.54, 1.807) is 6.07 Å². The highest BCUT2D eigenvalue weighted by Crippen LogP contribution is 2.16. The Morgan fingerprint density at radius 2 is 2.22 bits per heavy atom. The van der Waals surface area contributed by atoms with E-state index >= 15 is 0 Å². The zero-order chi connectivity index (χ0) is 13.1. The predicted molar refractivity (Wildman–Crippen MR) is 61.9 cm³/mol. The molecular formula is C10H9N5O3. The van der Waals surface area contributed by atoms with Gasteiger partial charge in [-0.05, 0) is 12.1 Å². The van der Waals surface area contributed by atoms with Crippen molar-refractivity contribution in [3.05, 3.63) is 52.3 Å². The van der Waals surface area contributed by atoms with Crippen molar-refractivity contribution in [2.24, 2.45) is 5.84 Å². The molecule has 1 heterocycles. The summed E-state index contributed by atoms with van der Waals surface area (Å²) in [6.45, 7) is 0. The van der Waals surface area contributed by atoms with Crippen LogP contribution in [0.25, 0.3) is 5.69 Å². The minimum absolute atomic E-state index is 0.0483. The van der Waals surface area contributed by atoms with Gasteiger partial charge in [0.15, 0.2) is 5.69 Å². The number of hydrogen-bond donors (Lipinski definition) is 2. The molecule has 1 amide bonds. The highest BCUT2D eigenvalue weighted by molar-refractivity contribution is 5.91. The van der Waals surface area contributed by atoms with E-state index in [4.69, 9.17) is 5.84 Å². The van der Waals surface area contributed by atoms with E-state index in [9.17, 15) is 14.9 Å². The molecule has 8 heteroatoms. The minimum Gasteiger partial charge on any atom is -0.289 e. The van der Waals surface area contributed by atoms with Gasteiger partial charge < -0.3 is 0 Å². The van der Waals surface area contributed by atoms with Crippen molar-refractivity contribution in [3.63, 3.8) is 0 Å². The van der Waals surface area contributed by atoms with Crippen LogP contribution in [-0.4, -0.2) is 20.6 Å².